The Bertz CT molecular complexity index is 509. The van der Waals surface area contributed by atoms with Crippen LogP contribution in [-0.4, -0.2) is 15.0 Å². The highest BCUT2D eigenvalue weighted by molar-refractivity contribution is 6.30. The van der Waals surface area contributed by atoms with Crippen LogP contribution in [0.5, 0.6) is 0 Å². The van der Waals surface area contributed by atoms with Crippen LogP contribution < -0.4 is 5.73 Å². The first-order chi connectivity index (χ1) is 7.58. The summed E-state index contributed by atoms with van der Waals surface area (Å²) in [4.78, 5) is 0. The van der Waals surface area contributed by atoms with Gasteiger partial charge in [0.2, 0.25) is 0 Å². The summed E-state index contributed by atoms with van der Waals surface area (Å²) in [5.74, 6) is -0.489. The molecule has 6 heteroatoms. The Balaban J connectivity index is 2.39. The van der Waals surface area contributed by atoms with Crippen molar-refractivity contribution < 1.29 is 4.39 Å². The largest absolute Gasteiger partial charge is 0.323 e. The second-order valence-corrected chi connectivity index (χ2v) is 3.88. The summed E-state index contributed by atoms with van der Waals surface area (Å²) in [5.41, 5.74) is 6.85. The molecule has 16 heavy (non-hydrogen) atoms. The fourth-order valence-electron chi connectivity index (χ4n) is 1.24. The van der Waals surface area contributed by atoms with Gasteiger partial charge in [-0.3, -0.25) is 0 Å². The number of aromatic nitrogens is 3. The Hall–Kier alpha value is -1.46. The lowest BCUT2D eigenvalue weighted by Crippen LogP contribution is -2.04. The zero-order valence-electron chi connectivity index (χ0n) is 8.56. The normalized spacial score (nSPS) is 12.8. The van der Waals surface area contributed by atoms with Crippen molar-refractivity contribution in [2.24, 2.45) is 5.73 Å². The SMILES string of the molecule is CC(N)c1cn(-c2ccc(Cl)c(F)c2)nn1. The molecule has 0 amide bonds. The van der Waals surface area contributed by atoms with Crippen molar-refractivity contribution >= 4 is 11.6 Å². The minimum absolute atomic E-state index is 0.0799. The van der Waals surface area contributed by atoms with Gasteiger partial charge in [0.05, 0.1) is 22.6 Å². The first-order valence-electron chi connectivity index (χ1n) is 4.71. The van der Waals surface area contributed by atoms with Gasteiger partial charge in [-0.15, -0.1) is 5.10 Å². The molecule has 0 radical (unpaired) electrons. The maximum absolute atomic E-state index is 13.2. The van der Waals surface area contributed by atoms with Gasteiger partial charge in [0.1, 0.15) is 5.82 Å². The van der Waals surface area contributed by atoms with Crippen LogP contribution in [0.25, 0.3) is 5.69 Å². The van der Waals surface area contributed by atoms with Gasteiger partial charge >= 0.3 is 0 Å². The lowest BCUT2D eigenvalue weighted by Gasteiger charge is -2.01. The maximum Gasteiger partial charge on any atom is 0.143 e. The number of halogens is 2. The molecule has 2 rings (SSSR count). The Labute approximate surface area is 96.8 Å². The number of rotatable bonds is 2. The molecule has 0 aliphatic carbocycles. The van der Waals surface area contributed by atoms with E-state index in [-0.39, 0.29) is 11.1 Å². The maximum atomic E-state index is 13.2. The summed E-state index contributed by atoms with van der Waals surface area (Å²) in [6, 6.07) is 4.22. The van der Waals surface area contributed by atoms with Crippen LogP contribution in [0, 0.1) is 5.82 Å². The third-order valence-electron chi connectivity index (χ3n) is 2.15. The number of hydrogen-bond donors (Lipinski definition) is 1. The van der Waals surface area contributed by atoms with Crippen molar-refractivity contribution in [2.75, 3.05) is 0 Å². The summed E-state index contributed by atoms with van der Waals surface area (Å²) < 4.78 is 14.7. The van der Waals surface area contributed by atoms with Crippen LogP contribution >= 0.6 is 11.6 Å². The molecule has 0 bridgehead atoms. The summed E-state index contributed by atoms with van der Waals surface area (Å²) in [6.45, 7) is 1.80. The summed E-state index contributed by atoms with van der Waals surface area (Å²) >= 11 is 5.58. The Morgan fingerprint density at radius 3 is 2.81 bits per heavy atom. The fourth-order valence-corrected chi connectivity index (χ4v) is 1.36. The van der Waals surface area contributed by atoms with Crippen molar-refractivity contribution in [1.82, 2.24) is 15.0 Å². The molecule has 1 unspecified atom stereocenters. The average Bonchev–Trinajstić information content (AvgIpc) is 2.71. The van der Waals surface area contributed by atoms with E-state index in [1.54, 1.807) is 19.2 Å². The summed E-state index contributed by atoms with van der Waals surface area (Å²) in [6.07, 6.45) is 1.66. The van der Waals surface area contributed by atoms with E-state index in [0.29, 0.717) is 11.4 Å². The molecule has 0 aliphatic heterocycles. The van der Waals surface area contributed by atoms with Crippen LogP contribution in [0.15, 0.2) is 24.4 Å². The fraction of sp³-hybridized carbons (Fsp3) is 0.200. The molecule has 0 fully saturated rings. The second kappa shape index (κ2) is 4.19. The van der Waals surface area contributed by atoms with E-state index in [2.05, 4.69) is 10.3 Å². The van der Waals surface area contributed by atoms with Gasteiger partial charge in [0.25, 0.3) is 0 Å². The van der Waals surface area contributed by atoms with E-state index in [4.69, 9.17) is 17.3 Å². The highest BCUT2D eigenvalue weighted by Gasteiger charge is 2.08. The smallest absolute Gasteiger partial charge is 0.143 e. The molecule has 0 spiro atoms. The summed E-state index contributed by atoms with van der Waals surface area (Å²) in [7, 11) is 0. The van der Waals surface area contributed by atoms with Crippen molar-refractivity contribution in [3.8, 4) is 5.69 Å². The molecule has 1 aromatic heterocycles. The van der Waals surface area contributed by atoms with Crippen LogP contribution in [0.4, 0.5) is 4.39 Å². The van der Waals surface area contributed by atoms with Crippen molar-refractivity contribution in [3.05, 3.63) is 40.9 Å². The standard InChI is InChI=1S/C10H10ClFN4/c1-6(13)10-5-16(15-14-10)7-2-3-8(11)9(12)4-7/h2-6H,13H2,1H3. The minimum atomic E-state index is -0.489. The molecule has 1 heterocycles. The molecular formula is C10H10ClFN4. The monoisotopic (exact) mass is 240 g/mol. The molecule has 2 N–H and O–H groups in total. The van der Waals surface area contributed by atoms with Gasteiger partial charge in [-0.1, -0.05) is 16.8 Å². The highest BCUT2D eigenvalue weighted by atomic mass is 35.5. The number of nitrogens with two attached hydrogens (primary N) is 1. The van der Waals surface area contributed by atoms with Gasteiger partial charge in [-0.05, 0) is 19.1 Å². The van der Waals surface area contributed by atoms with E-state index in [0.717, 1.165) is 0 Å². The molecule has 1 aromatic carbocycles. The van der Waals surface area contributed by atoms with Crippen LogP contribution in [0.2, 0.25) is 5.02 Å². The lowest BCUT2D eigenvalue weighted by molar-refractivity contribution is 0.625. The molecule has 1 atom stereocenters. The molecule has 4 nitrogen and oxygen atoms in total. The quantitative estimate of drug-likeness (QED) is 0.874. The van der Waals surface area contributed by atoms with Crippen LogP contribution in [0.3, 0.4) is 0 Å². The van der Waals surface area contributed by atoms with E-state index >= 15 is 0 Å². The molecule has 2 aromatic rings. The van der Waals surface area contributed by atoms with Gasteiger partial charge in [-0.25, -0.2) is 9.07 Å². The predicted octanol–water partition coefficient (Wildman–Crippen LogP) is 2.08. The zero-order chi connectivity index (χ0) is 11.7. The summed E-state index contributed by atoms with van der Waals surface area (Å²) in [5, 5.41) is 7.81. The Morgan fingerprint density at radius 2 is 2.25 bits per heavy atom. The molecular weight excluding hydrogens is 231 g/mol. The van der Waals surface area contributed by atoms with Gasteiger partial charge in [0, 0.05) is 12.1 Å². The highest BCUT2D eigenvalue weighted by Crippen LogP contribution is 2.18. The van der Waals surface area contributed by atoms with Gasteiger partial charge in [-0.2, -0.15) is 0 Å². The second-order valence-electron chi connectivity index (χ2n) is 3.48. The number of benzene rings is 1. The lowest BCUT2D eigenvalue weighted by atomic mass is 10.3. The third-order valence-corrected chi connectivity index (χ3v) is 2.45. The van der Waals surface area contributed by atoms with Crippen molar-refractivity contribution in [1.29, 1.82) is 0 Å². The van der Waals surface area contributed by atoms with E-state index in [9.17, 15) is 4.39 Å². The number of hydrogen-bond acceptors (Lipinski definition) is 3. The molecule has 0 saturated carbocycles. The van der Waals surface area contributed by atoms with E-state index < -0.39 is 5.82 Å². The average molecular weight is 241 g/mol. The number of nitrogens with zero attached hydrogens (tertiary/aromatic N) is 3. The Kier molecular flexibility index (Phi) is 2.89. The zero-order valence-corrected chi connectivity index (χ0v) is 9.32. The Morgan fingerprint density at radius 1 is 1.50 bits per heavy atom. The minimum Gasteiger partial charge on any atom is -0.323 e. The van der Waals surface area contributed by atoms with Crippen molar-refractivity contribution in [3.63, 3.8) is 0 Å². The van der Waals surface area contributed by atoms with E-state index in [1.807, 2.05) is 0 Å². The van der Waals surface area contributed by atoms with E-state index in [1.165, 1.54) is 16.8 Å². The predicted molar refractivity (Wildman–Crippen MR) is 58.9 cm³/mol. The first kappa shape index (κ1) is 11.0. The topological polar surface area (TPSA) is 56.7 Å². The van der Waals surface area contributed by atoms with Crippen molar-refractivity contribution in [2.45, 2.75) is 13.0 Å². The van der Waals surface area contributed by atoms with Crippen LogP contribution in [0.1, 0.15) is 18.7 Å². The molecule has 0 aliphatic rings. The van der Waals surface area contributed by atoms with Gasteiger partial charge in [0.15, 0.2) is 0 Å². The third kappa shape index (κ3) is 2.05. The molecule has 0 saturated heterocycles. The molecule has 84 valence electrons. The van der Waals surface area contributed by atoms with Gasteiger partial charge < -0.3 is 5.73 Å². The first-order valence-corrected chi connectivity index (χ1v) is 5.09. The van der Waals surface area contributed by atoms with Crippen LogP contribution in [-0.2, 0) is 0 Å².